The predicted molar refractivity (Wildman–Crippen MR) is 101 cm³/mol. The van der Waals surface area contributed by atoms with Crippen molar-refractivity contribution in [3.05, 3.63) is 57.8 Å². The maximum absolute atomic E-state index is 11.2. The van der Waals surface area contributed by atoms with E-state index in [1.807, 2.05) is 6.07 Å². The Bertz CT molecular complexity index is 865. The summed E-state index contributed by atoms with van der Waals surface area (Å²) in [7, 11) is 1.43. The van der Waals surface area contributed by atoms with Crippen molar-refractivity contribution in [2.45, 2.75) is 13.0 Å². The number of aromatic nitrogens is 1. The summed E-state index contributed by atoms with van der Waals surface area (Å²) in [6.07, 6.45) is 2.63. The summed E-state index contributed by atoms with van der Waals surface area (Å²) in [5.41, 5.74) is 1.45. The molecule has 1 fully saturated rings. The molecule has 140 valence electrons. The fourth-order valence-electron chi connectivity index (χ4n) is 3.31. The van der Waals surface area contributed by atoms with E-state index in [2.05, 4.69) is 20.9 Å². The van der Waals surface area contributed by atoms with Gasteiger partial charge in [-0.15, -0.1) is 0 Å². The summed E-state index contributed by atoms with van der Waals surface area (Å²) >= 11 is 0. The van der Waals surface area contributed by atoms with Crippen molar-refractivity contribution in [3.8, 4) is 11.8 Å². The zero-order chi connectivity index (χ0) is 19.2. The van der Waals surface area contributed by atoms with Crippen LogP contribution < -0.4 is 9.64 Å². The normalized spacial score (nSPS) is 15.0. The van der Waals surface area contributed by atoms with Crippen molar-refractivity contribution >= 4 is 11.5 Å². The van der Waals surface area contributed by atoms with Gasteiger partial charge in [0.15, 0.2) is 5.75 Å². The lowest BCUT2D eigenvalue weighted by Crippen LogP contribution is -2.31. The molecule has 0 bridgehead atoms. The van der Waals surface area contributed by atoms with Crippen LogP contribution in [-0.4, -0.2) is 48.1 Å². The number of pyridine rings is 1. The van der Waals surface area contributed by atoms with Crippen LogP contribution >= 0.6 is 0 Å². The number of benzene rings is 1. The second-order valence-corrected chi connectivity index (χ2v) is 6.37. The Balaban J connectivity index is 1.69. The minimum absolute atomic E-state index is 0.0152. The number of methoxy groups -OCH3 is 1. The first-order valence-corrected chi connectivity index (χ1v) is 8.76. The second kappa shape index (κ2) is 8.47. The molecular formula is C19H21N5O3. The number of anilines is 1. The SMILES string of the molecule is COc1ccc(CN2CCCN(c3ncccc3C#N)CC2)cc1[N+](=O)[O-]. The quantitative estimate of drug-likeness (QED) is 0.592. The molecule has 3 rings (SSSR count). The molecule has 1 aromatic heterocycles. The van der Waals surface area contributed by atoms with Gasteiger partial charge in [-0.05, 0) is 30.2 Å². The summed E-state index contributed by atoms with van der Waals surface area (Å²) in [4.78, 5) is 19.6. The molecule has 27 heavy (non-hydrogen) atoms. The molecule has 1 aliphatic rings. The Hall–Kier alpha value is -3.18. The number of hydrogen-bond donors (Lipinski definition) is 0. The van der Waals surface area contributed by atoms with Crippen LogP contribution in [0.5, 0.6) is 5.75 Å². The third-order valence-electron chi connectivity index (χ3n) is 4.64. The van der Waals surface area contributed by atoms with Crippen molar-refractivity contribution < 1.29 is 9.66 Å². The Morgan fingerprint density at radius 2 is 2.15 bits per heavy atom. The zero-order valence-corrected chi connectivity index (χ0v) is 15.2. The minimum atomic E-state index is -0.420. The first kappa shape index (κ1) is 18.6. The monoisotopic (exact) mass is 367 g/mol. The number of ether oxygens (including phenoxy) is 1. The largest absolute Gasteiger partial charge is 0.490 e. The molecule has 0 unspecified atom stereocenters. The van der Waals surface area contributed by atoms with Crippen molar-refractivity contribution in [2.75, 3.05) is 38.2 Å². The number of nitro groups is 1. The Morgan fingerprint density at radius 1 is 1.30 bits per heavy atom. The van der Waals surface area contributed by atoms with E-state index >= 15 is 0 Å². The maximum Gasteiger partial charge on any atom is 0.311 e. The highest BCUT2D eigenvalue weighted by Crippen LogP contribution is 2.28. The van der Waals surface area contributed by atoms with Gasteiger partial charge in [-0.1, -0.05) is 6.07 Å². The minimum Gasteiger partial charge on any atom is -0.490 e. The summed E-state index contributed by atoms with van der Waals surface area (Å²) in [5, 5.41) is 20.5. The number of nitrogens with zero attached hydrogens (tertiary/aromatic N) is 5. The van der Waals surface area contributed by atoms with E-state index in [1.54, 1.807) is 30.5 Å². The topological polar surface area (TPSA) is 95.5 Å². The second-order valence-electron chi connectivity index (χ2n) is 6.37. The molecule has 0 N–H and O–H groups in total. The van der Waals surface area contributed by atoms with Crippen LogP contribution in [0, 0.1) is 21.4 Å². The molecule has 0 aliphatic carbocycles. The van der Waals surface area contributed by atoms with E-state index in [1.165, 1.54) is 7.11 Å². The Morgan fingerprint density at radius 3 is 2.89 bits per heavy atom. The molecule has 0 atom stereocenters. The molecule has 0 radical (unpaired) electrons. The van der Waals surface area contributed by atoms with Crippen LogP contribution in [0.3, 0.4) is 0 Å². The molecule has 2 aromatic rings. The van der Waals surface area contributed by atoms with Crippen LogP contribution in [0.1, 0.15) is 17.5 Å². The van der Waals surface area contributed by atoms with Crippen molar-refractivity contribution in [1.29, 1.82) is 5.26 Å². The van der Waals surface area contributed by atoms with Crippen molar-refractivity contribution in [3.63, 3.8) is 0 Å². The maximum atomic E-state index is 11.2. The first-order chi connectivity index (χ1) is 13.1. The van der Waals surface area contributed by atoms with E-state index in [-0.39, 0.29) is 11.4 Å². The predicted octanol–water partition coefficient (Wildman–Crippen LogP) is 2.58. The van der Waals surface area contributed by atoms with Gasteiger partial charge in [0.05, 0.1) is 17.6 Å². The van der Waals surface area contributed by atoms with Crippen molar-refractivity contribution in [1.82, 2.24) is 9.88 Å². The number of rotatable bonds is 5. The molecular weight excluding hydrogens is 346 g/mol. The molecule has 0 spiro atoms. The average Bonchev–Trinajstić information content (AvgIpc) is 2.93. The molecule has 1 aliphatic heterocycles. The van der Waals surface area contributed by atoms with Crippen LogP contribution in [0.25, 0.3) is 0 Å². The van der Waals surface area contributed by atoms with Gasteiger partial charge in [0.25, 0.3) is 0 Å². The molecule has 1 aromatic carbocycles. The molecule has 8 nitrogen and oxygen atoms in total. The van der Waals surface area contributed by atoms with Crippen LogP contribution in [0.15, 0.2) is 36.5 Å². The van der Waals surface area contributed by atoms with E-state index in [9.17, 15) is 15.4 Å². The zero-order valence-electron chi connectivity index (χ0n) is 15.2. The van der Waals surface area contributed by atoms with Gasteiger partial charge in [-0.2, -0.15) is 5.26 Å². The van der Waals surface area contributed by atoms with E-state index < -0.39 is 4.92 Å². The van der Waals surface area contributed by atoms with Crippen molar-refractivity contribution in [2.24, 2.45) is 0 Å². The summed E-state index contributed by atoms with van der Waals surface area (Å²) in [5.74, 6) is 0.993. The Kier molecular flexibility index (Phi) is 5.84. The van der Waals surface area contributed by atoms with Gasteiger partial charge < -0.3 is 9.64 Å². The summed E-state index contributed by atoms with van der Waals surface area (Å²) in [6, 6.07) is 10.8. The number of hydrogen-bond acceptors (Lipinski definition) is 7. The number of nitro benzene ring substituents is 1. The third kappa shape index (κ3) is 4.33. The lowest BCUT2D eigenvalue weighted by Gasteiger charge is -2.23. The third-order valence-corrected chi connectivity index (χ3v) is 4.64. The van der Waals surface area contributed by atoms with Crippen LogP contribution in [-0.2, 0) is 6.54 Å². The fraction of sp³-hybridized carbons (Fsp3) is 0.368. The summed E-state index contributed by atoms with van der Waals surface area (Å²) in [6.45, 7) is 3.88. The summed E-state index contributed by atoms with van der Waals surface area (Å²) < 4.78 is 5.06. The van der Waals surface area contributed by atoms with E-state index in [0.717, 1.165) is 44.0 Å². The highest BCUT2D eigenvalue weighted by atomic mass is 16.6. The molecule has 1 saturated heterocycles. The standard InChI is InChI=1S/C19H21N5O3/c1-27-18-6-5-15(12-17(18)24(25)26)14-22-8-3-9-23(11-10-22)19-16(13-20)4-2-7-21-19/h2,4-7,12H,3,8-11,14H2,1H3. The lowest BCUT2D eigenvalue weighted by atomic mass is 10.1. The van der Waals surface area contributed by atoms with Gasteiger partial charge in [0.2, 0.25) is 0 Å². The number of nitriles is 1. The molecule has 0 saturated carbocycles. The first-order valence-electron chi connectivity index (χ1n) is 8.76. The van der Waals surface area contributed by atoms with Gasteiger partial charge in [-0.25, -0.2) is 4.98 Å². The lowest BCUT2D eigenvalue weighted by molar-refractivity contribution is -0.385. The highest BCUT2D eigenvalue weighted by molar-refractivity contribution is 5.53. The smallest absolute Gasteiger partial charge is 0.311 e. The Labute approximate surface area is 157 Å². The van der Waals surface area contributed by atoms with Gasteiger partial charge in [-0.3, -0.25) is 15.0 Å². The van der Waals surface area contributed by atoms with Gasteiger partial charge in [0.1, 0.15) is 11.9 Å². The van der Waals surface area contributed by atoms with Gasteiger partial charge >= 0.3 is 5.69 Å². The molecule has 0 amide bonds. The van der Waals surface area contributed by atoms with Crippen LogP contribution in [0.2, 0.25) is 0 Å². The van der Waals surface area contributed by atoms with Gasteiger partial charge in [0, 0.05) is 45.0 Å². The highest BCUT2D eigenvalue weighted by Gasteiger charge is 2.20. The fourth-order valence-corrected chi connectivity index (χ4v) is 3.31. The molecule has 2 heterocycles. The van der Waals surface area contributed by atoms with E-state index in [4.69, 9.17) is 4.74 Å². The molecule has 8 heteroatoms. The average molecular weight is 367 g/mol. The van der Waals surface area contributed by atoms with E-state index in [0.29, 0.717) is 12.1 Å². The van der Waals surface area contributed by atoms with Crippen LogP contribution in [0.4, 0.5) is 11.5 Å².